The van der Waals surface area contributed by atoms with Crippen LogP contribution >= 0.6 is 0 Å². The summed E-state index contributed by atoms with van der Waals surface area (Å²) in [6, 6.07) is 14.3. The molecule has 4 heteroatoms. The molecule has 4 nitrogen and oxygen atoms in total. The number of esters is 1. The van der Waals surface area contributed by atoms with Gasteiger partial charge in [0.2, 0.25) is 0 Å². The number of ketones is 1. The molecule has 1 aromatic heterocycles. The highest BCUT2D eigenvalue weighted by atomic mass is 16.5. The van der Waals surface area contributed by atoms with Crippen molar-refractivity contribution < 1.29 is 18.7 Å². The van der Waals surface area contributed by atoms with Gasteiger partial charge in [-0.2, -0.15) is 0 Å². The van der Waals surface area contributed by atoms with E-state index in [1.54, 1.807) is 13.2 Å². The number of carbonyl (C=O) groups is 2. The van der Waals surface area contributed by atoms with Crippen molar-refractivity contribution in [1.82, 2.24) is 0 Å². The Hall–Kier alpha value is -3.40. The third kappa shape index (κ3) is 5.22. The normalized spacial score (nSPS) is 17.8. The van der Waals surface area contributed by atoms with E-state index in [2.05, 4.69) is 36.4 Å². The van der Waals surface area contributed by atoms with Gasteiger partial charge in [-0.1, -0.05) is 53.6 Å². The average Bonchev–Trinajstić information content (AvgIpc) is 3.54. The number of hydrogen-bond acceptors (Lipinski definition) is 4. The van der Waals surface area contributed by atoms with E-state index in [0.717, 1.165) is 28.9 Å². The molecule has 0 saturated heterocycles. The SMILES string of the molecule is CCOC(=O)C1=C(CC(=O)CCC2=CC=C(c3ccccc3)C2Cc2ccco2)CC(C)=C1C. The number of hydrogen-bond donors (Lipinski definition) is 0. The third-order valence-corrected chi connectivity index (χ3v) is 6.82. The molecule has 2 aliphatic rings. The molecule has 2 aliphatic carbocycles. The summed E-state index contributed by atoms with van der Waals surface area (Å²) < 4.78 is 10.9. The summed E-state index contributed by atoms with van der Waals surface area (Å²) in [6.45, 7) is 6.10. The van der Waals surface area contributed by atoms with Crippen LogP contribution in [0.4, 0.5) is 0 Å². The van der Waals surface area contributed by atoms with Crippen LogP contribution < -0.4 is 0 Å². The second kappa shape index (κ2) is 10.7. The minimum atomic E-state index is -0.312. The highest BCUT2D eigenvalue weighted by molar-refractivity contribution is 5.97. The maximum Gasteiger partial charge on any atom is 0.338 e. The average molecular weight is 457 g/mol. The molecule has 4 rings (SSSR count). The number of rotatable bonds is 10. The van der Waals surface area contributed by atoms with Crippen LogP contribution in [0.2, 0.25) is 0 Å². The monoisotopic (exact) mass is 456 g/mol. The molecule has 1 atom stereocenters. The van der Waals surface area contributed by atoms with Crippen molar-refractivity contribution in [2.45, 2.75) is 52.9 Å². The van der Waals surface area contributed by atoms with Gasteiger partial charge in [0.15, 0.2) is 0 Å². The number of ether oxygens (including phenoxy) is 1. The van der Waals surface area contributed by atoms with E-state index >= 15 is 0 Å². The zero-order chi connectivity index (χ0) is 24.1. The van der Waals surface area contributed by atoms with Crippen LogP contribution in [-0.2, 0) is 20.7 Å². The quantitative estimate of drug-likeness (QED) is 0.369. The van der Waals surface area contributed by atoms with Crippen LogP contribution in [0.1, 0.15) is 57.8 Å². The van der Waals surface area contributed by atoms with Crippen molar-refractivity contribution in [3.8, 4) is 0 Å². The van der Waals surface area contributed by atoms with E-state index in [0.29, 0.717) is 37.9 Å². The zero-order valence-corrected chi connectivity index (χ0v) is 20.2. The highest BCUT2D eigenvalue weighted by Crippen LogP contribution is 2.40. The standard InChI is InChI=1S/C30H32O4/c1-4-33-30(32)29-21(3)20(2)17-24(29)18-25(31)14-12-23-13-15-27(22-9-6-5-7-10-22)28(23)19-26-11-8-16-34-26/h5-11,13,15-16,28H,4,12,14,17-19H2,1-3H3. The molecule has 1 aromatic carbocycles. The molecule has 0 radical (unpaired) electrons. The molecular formula is C30H32O4. The van der Waals surface area contributed by atoms with E-state index in [-0.39, 0.29) is 17.7 Å². The number of Topliss-reactive ketones (excluding diaryl/α,β-unsaturated/α-hetero) is 1. The van der Waals surface area contributed by atoms with E-state index < -0.39 is 0 Å². The van der Waals surface area contributed by atoms with Gasteiger partial charge < -0.3 is 9.15 Å². The first kappa shape index (κ1) is 23.7. The minimum absolute atomic E-state index is 0.158. The molecule has 1 heterocycles. The third-order valence-electron chi connectivity index (χ3n) is 6.82. The summed E-state index contributed by atoms with van der Waals surface area (Å²) in [4.78, 5) is 25.5. The van der Waals surface area contributed by atoms with Crippen molar-refractivity contribution >= 4 is 17.3 Å². The van der Waals surface area contributed by atoms with Gasteiger partial charge in [0, 0.05) is 25.2 Å². The molecular weight excluding hydrogens is 424 g/mol. The van der Waals surface area contributed by atoms with Gasteiger partial charge in [-0.25, -0.2) is 4.79 Å². The van der Waals surface area contributed by atoms with E-state index in [1.807, 2.05) is 32.0 Å². The zero-order valence-electron chi connectivity index (χ0n) is 20.2. The van der Waals surface area contributed by atoms with Crippen molar-refractivity contribution in [3.05, 3.63) is 100 Å². The predicted molar refractivity (Wildman–Crippen MR) is 134 cm³/mol. The van der Waals surface area contributed by atoms with Crippen molar-refractivity contribution in [2.75, 3.05) is 6.61 Å². The molecule has 2 aromatic rings. The first-order chi connectivity index (χ1) is 16.5. The topological polar surface area (TPSA) is 56.5 Å². The summed E-state index contributed by atoms with van der Waals surface area (Å²) >= 11 is 0. The lowest BCUT2D eigenvalue weighted by Crippen LogP contribution is -2.12. The molecule has 1 unspecified atom stereocenters. The lowest BCUT2D eigenvalue weighted by molar-refractivity contribution is -0.138. The van der Waals surface area contributed by atoms with Crippen LogP contribution in [-0.4, -0.2) is 18.4 Å². The first-order valence-corrected chi connectivity index (χ1v) is 12.0. The largest absolute Gasteiger partial charge is 0.469 e. The van der Waals surface area contributed by atoms with Gasteiger partial charge in [-0.3, -0.25) is 4.79 Å². The van der Waals surface area contributed by atoms with Crippen LogP contribution in [0.25, 0.3) is 5.57 Å². The smallest absolute Gasteiger partial charge is 0.338 e. The Balaban J connectivity index is 1.44. The van der Waals surface area contributed by atoms with Gasteiger partial charge >= 0.3 is 5.97 Å². The summed E-state index contributed by atoms with van der Waals surface area (Å²) in [5, 5.41) is 0. The maximum atomic E-state index is 13.0. The van der Waals surface area contributed by atoms with Gasteiger partial charge in [0.05, 0.1) is 18.4 Å². The van der Waals surface area contributed by atoms with E-state index in [9.17, 15) is 9.59 Å². The first-order valence-electron chi connectivity index (χ1n) is 12.0. The van der Waals surface area contributed by atoms with Crippen LogP contribution in [0, 0.1) is 5.92 Å². The van der Waals surface area contributed by atoms with Crippen LogP contribution in [0.15, 0.2) is 93.2 Å². The van der Waals surface area contributed by atoms with Crippen molar-refractivity contribution in [3.63, 3.8) is 0 Å². The molecule has 0 spiro atoms. The Morgan fingerprint density at radius 2 is 1.85 bits per heavy atom. The highest BCUT2D eigenvalue weighted by Gasteiger charge is 2.28. The lowest BCUT2D eigenvalue weighted by Gasteiger charge is -2.19. The Labute approximate surface area is 201 Å². The molecule has 0 N–H and O–H groups in total. The fraction of sp³-hybridized carbons (Fsp3) is 0.333. The Kier molecular flexibility index (Phi) is 7.46. The lowest BCUT2D eigenvalue weighted by atomic mass is 9.85. The summed E-state index contributed by atoms with van der Waals surface area (Å²) in [7, 11) is 0. The molecule has 0 amide bonds. The second-order valence-corrected chi connectivity index (χ2v) is 9.06. The summed E-state index contributed by atoms with van der Waals surface area (Å²) in [5.41, 5.74) is 7.31. The summed E-state index contributed by atoms with van der Waals surface area (Å²) in [5.74, 6) is 0.977. The molecule has 0 fully saturated rings. The number of allylic oxidation sites excluding steroid dienone is 6. The van der Waals surface area contributed by atoms with Gasteiger partial charge in [-0.05, 0) is 68.0 Å². The number of furan rings is 1. The molecule has 0 bridgehead atoms. The van der Waals surface area contributed by atoms with Crippen molar-refractivity contribution in [1.29, 1.82) is 0 Å². The maximum absolute atomic E-state index is 13.0. The van der Waals surface area contributed by atoms with Gasteiger partial charge in [0.25, 0.3) is 0 Å². The fourth-order valence-corrected chi connectivity index (χ4v) is 4.97. The van der Waals surface area contributed by atoms with Crippen LogP contribution in [0.3, 0.4) is 0 Å². The van der Waals surface area contributed by atoms with E-state index in [4.69, 9.17) is 9.15 Å². The second-order valence-electron chi connectivity index (χ2n) is 9.06. The van der Waals surface area contributed by atoms with E-state index in [1.165, 1.54) is 16.7 Å². The Morgan fingerprint density at radius 3 is 2.56 bits per heavy atom. The van der Waals surface area contributed by atoms with Crippen molar-refractivity contribution in [2.24, 2.45) is 5.92 Å². The number of benzene rings is 1. The fourth-order valence-electron chi connectivity index (χ4n) is 4.97. The Morgan fingerprint density at radius 1 is 1.06 bits per heavy atom. The van der Waals surface area contributed by atoms with Gasteiger partial charge in [0.1, 0.15) is 11.5 Å². The van der Waals surface area contributed by atoms with Gasteiger partial charge in [-0.15, -0.1) is 0 Å². The molecule has 0 aliphatic heterocycles. The Bertz CT molecular complexity index is 1170. The molecule has 34 heavy (non-hydrogen) atoms. The summed E-state index contributed by atoms with van der Waals surface area (Å²) in [6.07, 6.45) is 8.95. The molecule has 0 saturated carbocycles. The molecule has 176 valence electrons. The predicted octanol–water partition coefficient (Wildman–Crippen LogP) is 6.80. The minimum Gasteiger partial charge on any atom is -0.469 e. The van der Waals surface area contributed by atoms with Crippen LogP contribution in [0.5, 0.6) is 0 Å². The number of carbonyl (C=O) groups excluding carboxylic acids is 2.